The summed E-state index contributed by atoms with van der Waals surface area (Å²) in [5, 5.41) is 0.406. The maximum atomic E-state index is 13.0. The van der Waals surface area contributed by atoms with Crippen LogP contribution >= 0.6 is 11.6 Å². The van der Waals surface area contributed by atoms with E-state index in [4.69, 9.17) is 21.1 Å². The third kappa shape index (κ3) is 4.68. The minimum Gasteiger partial charge on any atom is -0.487 e. The Morgan fingerprint density at radius 3 is 2.43 bits per heavy atom. The number of amides is 1. The average molecular weight is 512 g/mol. The normalized spacial score (nSPS) is 22.9. The fourth-order valence-corrected chi connectivity index (χ4v) is 6.06. The van der Waals surface area contributed by atoms with Crippen LogP contribution < -0.4 is 9.46 Å². The summed E-state index contributed by atoms with van der Waals surface area (Å²) in [5.74, 6) is 0.00713. The molecule has 1 amide bonds. The molecule has 3 aromatic carbocycles. The molecule has 0 unspecified atom stereocenters. The summed E-state index contributed by atoms with van der Waals surface area (Å²) >= 11 is 5.85. The number of fused-ring (bicyclic) bond motifs is 3. The van der Waals surface area contributed by atoms with Gasteiger partial charge in [0.15, 0.2) is 0 Å². The number of carbonyl (C=O) groups excluding carboxylic acids is 1. The molecule has 0 spiro atoms. The van der Waals surface area contributed by atoms with E-state index in [9.17, 15) is 13.2 Å². The van der Waals surface area contributed by atoms with Crippen LogP contribution in [0.2, 0.25) is 5.02 Å². The van der Waals surface area contributed by atoms with Gasteiger partial charge in [0.1, 0.15) is 11.4 Å². The van der Waals surface area contributed by atoms with E-state index in [2.05, 4.69) is 30.7 Å². The molecule has 0 aromatic heterocycles. The number of sulfonamides is 1. The highest BCUT2D eigenvalue weighted by Crippen LogP contribution is 2.53. The number of ether oxygens (including phenoxy) is 2. The summed E-state index contributed by atoms with van der Waals surface area (Å²) in [6, 6.07) is 20.7. The summed E-state index contributed by atoms with van der Waals surface area (Å²) in [6.45, 7) is 4.11. The van der Waals surface area contributed by atoms with Gasteiger partial charge in [-0.2, -0.15) is 0 Å². The lowest BCUT2D eigenvalue weighted by molar-refractivity contribution is -0.151. The molecular formula is C27H26ClNO5S. The van der Waals surface area contributed by atoms with Crippen LogP contribution in [0.5, 0.6) is 5.75 Å². The van der Waals surface area contributed by atoms with Crippen molar-refractivity contribution in [2.24, 2.45) is 5.92 Å². The molecule has 2 aliphatic heterocycles. The Bertz CT molecular complexity index is 1360. The van der Waals surface area contributed by atoms with Gasteiger partial charge in [0, 0.05) is 22.1 Å². The number of hydrogen-bond acceptors (Lipinski definition) is 5. The van der Waals surface area contributed by atoms with E-state index in [0.717, 1.165) is 24.0 Å². The molecule has 3 atom stereocenters. The molecule has 0 aliphatic carbocycles. The Labute approximate surface area is 210 Å². The highest BCUT2D eigenvalue weighted by Gasteiger charge is 2.47. The van der Waals surface area contributed by atoms with Crippen LogP contribution in [0.15, 0.2) is 77.7 Å². The van der Waals surface area contributed by atoms with Crippen molar-refractivity contribution in [1.82, 2.24) is 4.72 Å². The van der Waals surface area contributed by atoms with Gasteiger partial charge in [-0.3, -0.25) is 4.79 Å². The number of nitrogens with one attached hydrogen (secondary N) is 1. The second kappa shape index (κ2) is 8.97. The highest BCUT2D eigenvalue weighted by molar-refractivity contribution is 7.90. The van der Waals surface area contributed by atoms with E-state index in [-0.39, 0.29) is 28.6 Å². The smallest absolute Gasteiger partial charge is 0.265 e. The molecule has 182 valence electrons. The molecule has 8 heteroatoms. The lowest BCUT2D eigenvalue weighted by Crippen LogP contribution is -2.47. The van der Waals surface area contributed by atoms with E-state index in [0.29, 0.717) is 10.8 Å². The van der Waals surface area contributed by atoms with Crippen LogP contribution in [0.4, 0.5) is 0 Å². The van der Waals surface area contributed by atoms with Crippen LogP contribution in [0, 0.1) is 5.92 Å². The Kier molecular flexibility index (Phi) is 6.11. The van der Waals surface area contributed by atoms with Gasteiger partial charge in [-0.25, -0.2) is 13.1 Å². The van der Waals surface area contributed by atoms with Crippen molar-refractivity contribution < 1.29 is 22.7 Å². The number of hydrogen-bond donors (Lipinski definition) is 1. The van der Waals surface area contributed by atoms with E-state index in [1.807, 2.05) is 18.2 Å². The van der Waals surface area contributed by atoms with Crippen LogP contribution in [-0.2, 0) is 14.8 Å². The van der Waals surface area contributed by atoms with Gasteiger partial charge < -0.3 is 9.47 Å². The van der Waals surface area contributed by atoms with Crippen molar-refractivity contribution in [2.45, 2.75) is 49.4 Å². The van der Waals surface area contributed by atoms with Crippen LogP contribution in [0.25, 0.3) is 0 Å². The first kappa shape index (κ1) is 23.9. The standard InChI is InChI=1S/C27H26ClNO5S/c1-27(2)22-13-15-23(17-6-4-3-5-7-17)33-25(22)21-16-18(8-14-24(21)34-27)26(30)29-35(31,32)20-11-9-19(28)10-12-20/h3-12,14,16,22-23,25H,13,15H2,1-2H3,(H,29,30)/t22-,23+,25+/m1/s1. The zero-order valence-electron chi connectivity index (χ0n) is 19.4. The molecule has 0 radical (unpaired) electrons. The lowest BCUT2D eigenvalue weighted by atomic mass is 9.74. The van der Waals surface area contributed by atoms with Crippen molar-refractivity contribution in [3.63, 3.8) is 0 Å². The van der Waals surface area contributed by atoms with Crippen LogP contribution in [0.1, 0.15) is 60.4 Å². The van der Waals surface area contributed by atoms with Gasteiger partial charge >= 0.3 is 0 Å². The molecule has 6 nitrogen and oxygen atoms in total. The first-order valence-corrected chi connectivity index (χ1v) is 13.4. The van der Waals surface area contributed by atoms with Crippen LogP contribution in [0.3, 0.4) is 0 Å². The Hall–Kier alpha value is -2.87. The molecule has 3 aromatic rings. The van der Waals surface area contributed by atoms with Crippen LogP contribution in [-0.4, -0.2) is 19.9 Å². The maximum absolute atomic E-state index is 13.0. The van der Waals surface area contributed by atoms with Gasteiger partial charge in [0.2, 0.25) is 0 Å². The Morgan fingerprint density at radius 1 is 1.00 bits per heavy atom. The number of benzene rings is 3. The first-order valence-electron chi connectivity index (χ1n) is 11.5. The Morgan fingerprint density at radius 2 is 1.71 bits per heavy atom. The maximum Gasteiger partial charge on any atom is 0.265 e. The minimum absolute atomic E-state index is 0.0420. The van der Waals surface area contributed by atoms with Crippen molar-refractivity contribution in [1.29, 1.82) is 0 Å². The van der Waals surface area contributed by atoms with Gasteiger partial charge in [0.05, 0.1) is 17.1 Å². The van der Waals surface area contributed by atoms with Crippen molar-refractivity contribution in [3.8, 4) is 5.75 Å². The van der Waals surface area contributed by atoms with Gasteiger partial charge in [-0.05, 0) is 74.7 Å². The second-order valence-corrected chi connectivity index (χ2v) is 11.6. The SMILES string of the molecule is CC1(C)Oc2ccc(C(=O)NS(=O)(=O)c3ccc(Cl)cc3)cc2[C@@H]2O[C@H](c3ccccc3)CC[C@H]21. The summed E-state index contributed by atoms with van der Waals surface area (Å²) in [5.41, 5.74) is 1.64. The van der Waals surface area contributed by atoms with Gasteiger partial charge in [0.25, 0.3) is 15.9 Å². The quantitative estimate of drug-likeness (QED) is 0.476. The zero-order chi connectivity index (χ0) is 24.8. The van der Waals surface area contributed by atoms with Crippen molar-refractivity contribution in [3.05, 3.63) is 94.5 Å². The predicted octanol–water partition coefficient (Wildman–Crippen LogP) is 5.84. The third-order valence-electron chi connectivity index (χ3n) is 6.78. The molecular weight excluding hydrogens is 486 g/mol. The number of rotatable bonds is 4. The molecule has 2 aliphatic rings. The number of carbonyl (C=O) groups is 1. The van der Waals surface area contributed by atoms with E-state index in [1.54, 1.807) is 18.2 Å². The van der Waals surface area contributed by atoms with Gasteiger partial charge in [-0.15, -0.1) is 0 Å². The zero-order valence-corrected chi connectivity index (χ0v) is 21.0. The molecule has 5 rings (SSSR count). The van der Waals surface area contributed by atoms with Crippen molar-refractivity contribution >= 4 is 27.5 Å². The summed E-state index contributed by atoms with van der Waals surface area (Å²) in [4.78, 5) is 12.9. The van der Waals surface area contributed by atoms with Gasteiger partial charge in [-0.1, -0.05) is 41.9 Å². The Balaban J connectivity index is 1.44. The van der Waals surface area contributed by atoms with Crippen molar-refractivity contribution in [2.75, 3.05) is 0 Å². The predicted molar refractivity (Wildman–Crippen MR) is 133 cm³/mol. The fraction of sp³-hybridized carbons (Fsp3) is 0.296. The molecule has 2 heterocycles. The number of halogens is 1. The molecule has 1 N–H and O–H groups in total. The second-order valence-electron chi connectivity index (χ2n) is 9.49. The third-order valence-corrected chi connectivity index (χ3v) is 8.38. The molecule has 0 saturated carbocycles. The fourth-order valence-electron chi connectivity index (χ4n) is 4.95. The largest absolute Gasteiger partial charge is 0.487 e. The minimum atomic E-state index is -4.05. The summed E-state index contributed by atoms with van der Waals surface area (Å²) < 4.78 is 40.5. The average Bonchev–Trinajstić information content (AvgIpc) is 2.84. The highest BCUT2D eigenvalue weighted by atomic mass is 35.5. The molecule has 35 heavy (non-hydrogen) atoms. The monoisotopic (exact) mass is 511 g/mol. The molecule has 1 saturated heterocycles. The summed E-state index contributed by atoms with van der Waals surface area (Å²) in [7, 11) is -4.05. The summed E-state index contributed by atoms with van der Waals surface area (Å²) in [6.07, 6.45) is 1.42. The molecule has 0 bridgehead atoms. The molecule has 1 fully saturated rings. The lowest BCUT2D eigenvalue weighted by Gasteiger charge is -2.48. The topological polar surface area (TPSA) is 81.7 Å². The van der Waals surface area contributed by atoms with E-state index >= 15 is 0 Å². The first-order chi connectivity index (χ1) is 16.6. The van der Waals surface area contributed by atoms with E-state index in [1.165, 1.54) is 24.3 Å². The van der Waals surface area contributed by atoms with E-state index < -0.39 is 21.5 Å².